The van der Waals surface area contributed by atoms with E-state index in [1.165, 1.54) is 0 Å². The Morgan fingerprint density at radius 1 is 1.57 bits per heavy atom. The van der Waals surface area contributed by atoms with E-state index in [9.17, 15) is 9.59 Å². The number of hydrogen-bond donors (Lipinski definition) is 0. The number of hydrogen-bond acceptors (Lipinski definition) is 3. The predicted octanol–water partition coefficient (Wildman–Crippen LogP) is 0.603. The van der Waals surface area contributed by atoms with Crippen molar-refractivity contribution in [2.75, 3.05) is 19.8 Å². The number of ketones is 1. The van der Waals surface area contributed by atoms with Crippen molar-refractivity contribution in [1.82, 2.24) is 4.90 Å². The van der Waals surface area contributed by atoms with Gasteiger partial charge in [-0.1, -0.05) is 6.92 Å². The lowest BCUT2D eigenvalue weighted by Crippen LogP contribution is -2.43. The second-order valence-electron chi connectivity index (χ2n) is 3.45. The largest absolute Gasteiger partial charge is 0.379 e. The summed E-state index contributed by atoms with van der Waals surface area (Å²) in [7, 11) is 0. The number of rotatable bonds is 3. The highest BCUT2D eigenvalue weighted by atomic mass is 16.5. The zero-order valence-electron chi connectivity index (χ0n) is 8.78. The molecule has 14 heavy (non-hydrogen) atoms. The molecule has 1 aliphatic rings. The Bertz CT molecular complexity index is 227. The van der Waals surface area contributed by atoms with E-state index in [1.807, 2.05) is 6.92 Å². The van der Waals surface area contributed by atoms with Gasteiger partial charge in [-0.2, -0.15) is 0 Å². The third kappa shape index (κ3) is 2.54. The Hall–Kier alpha value is -0.900. The van der Waals surface area contributed by atoms with Crippen LogP contribution in [0.15, 0.2) is 0 Å². The van der Waals surface area contributed by atoms with Crippen molar-refractivity contribution in [3.63, 3.8) is 0 Å². The van der Waals surface area contributed by atoms with Crippen molar-refractivity contribution in [1.29, 1.82) is 0 Å². The van der Waals surface area contributed by atoms with Gasteiger partial charge in [-0.25, -0.2) is 0 Å². The molecule has 1 fully saturated rings. The summed E-state index contributed by atoms with van der Waals surface area (Å²) in [5, 5.41) is 0. The topological polar surface area (TPSA) is 46.6 Å². The van der Waals surface area contributed by atoms with Crippen LogP contribution in [0, 0.1) is 0 Å². The Kier molecular flexibility index (Phi) is 4.07. The molecule has 1 aliphatic heterocycles. The van der Waals surface area contributed by atoms with E-state index in [0.717, 1.165) is 0 Å². The Morgan fingerprint density at radius 2 is 2.29 bits per heavy atom. The standard InChI is InChI=1S/C10H17NO3/c1-3-9(12)8(2)11-5-7-14-6-4-10(11)13/h8H,3-7H2,1-2H3. The highest BCUT2D eigenvalue weighted by Gasteiger charge is 2.25. The lowest BCUT2D eigenvalue weighted by Gasteiger charge is -2.25. The first-order valence-corrected chi connectivity index (χ1v) is 5.06. The first kappa shape index (κ1) is 11.2. The summed E-state index contributed by atoms with van der Waals surface area (Å²) in [6, 6.07) is -0.297. The van der Waals surface area contributed by atoms with Crippen LogP contribution in [0.4, 0.5) is 0 Å². The van der Waals surface area contributed by atoms with Gasteiger partial charge in [0, 0.05) is 13.0 Å². The first-order valence-electron chi connectivity index (χ1n) is 5.06. The molecule has 0 aromatic heterocycles. The van der Waals surface area contributed by atoms with E-state index in [-0.39, 0.29) is 17.7 Å². The second-order valence-corrected chi connectivity index (χ2v) is 3.45. The molecule has 1 heterocycles. The molecule has 1 atom stereocenters. The molecular formula is C10H17NO3. The average Bonchev–Trinajstić information content (AvgIpc) is 2.40. The van der Waals surface area contributed by atoms with Crippen LogP contribution in [0.1, 0.15) is 26.7 Å². The van der Waals surface area contributed by atoms with Gasteiger partial charge in [-0.05, 0) is 6.92 Å². The van der Waals surface area contributed by atoms with Gasteiger partial charge < -0.3 is 9.64 Å². The lowest BCUT2D eigenvalue weighted by atomic mass is 10.1. The Morgan fingerprint density at radius 3 is 2.93 bits per heavy atom. The molecule has 80 valence electrons. The smallest absolute Gasteiger partial charge is 0.225 e. The molecule has 1 unspecified atom stereocenters. The molecule has 0 saturated carbocycles. The van der Waals surface area contributed by atoms with Crippen molar-refractivity contribution in [3.05, 3.63) is 0 Å². The molecule has 1 saturated heterocycles. The number of Topliss-reactive ketones (excluding diaryl/α,β-unsaturated/α-hetero) is 1. The van der Waals surface area contributed by atoms with Gasteiger partial charge in [-0.15, -0.1) is 0 Å². The van der Waals surface area contributed by atoms with Gasteiger partial charge in [0.1, 0.15) is 0 Å². The first-order chi connectivity index (χ1) is 6.66. The fraction of sp³-hybridized carbons (Fsp3) is 0.800. The Balaban J connectivity index is 2.63. The quantitative estimate of drug-likeness (QED) is 0.668. The van der Waals surface area contributed by atoms with Crippen LogP contribution in [0.5, 0.6) is 0 Å². The van der Waals surface area contributed by atoms with Crippen LogP contribution < -0.4 is 0 Å². The average molecular weight is 199 g/mol. The van der Waals surface area contributed by atoms with E-state index in [0.29, 0.717) is 32.6 Å². The minimum Gasteiger partial charge on any atom is -0.379 e. The van der Waals surface area contributed by atoms with Gasteiger partial charge >= 0.3 is 0 Å². The predicted molar refractivity (Wildman–Crippen MR) is 51.9 cm³/mol. The van der Waals surface area contributed by atoms with Gasteiger partial charge in [0.25, 0.3) is 0 Å². The van der Waals surface area contributed by atoms with Crippen molar-refractivity contribution in [3.8, 4) is 0 Å². The molecular weight excluding hydrogens is 182 g/mol. The van der Waals surface area contributed by atoms with Gasteiger partial charge in [-0.3, -0.25) is 9.59 Å². The van der Waals surface area contributed by atoms with Crippen molar-refractivity contribution >= 4 is 11.7 Å². The zero-order valence-corrected chi connectivity index (χ0v) is 8.78. The maximum Gasteiger partial charge on any atom is 0.225 e. The van der Waals surface area contributed by atoms with Crippen LogP contribution in [0.2, 0.25) is 0 Å². The van der Waals surface area contributed by atoms with Crippen LogP contribution in [0.3, 0.4) is 0 Å². The van der Waals surface area contributed by atoms with Crippen LogP contribution in [0.25, 0.3) is 0 Å². The number of nitrogens with zero attached hydrogens (tertiary/aromatic N) is 1. The van der Waals surface area contributed by atoms with Crippen molar-refractivity contribution in [2.24, 2.45) is 0 Å². The second kappa shape index (κ2) is 5.10. The van der Waals surface area contributed by atoms with Gasteiger partial charge in [0.15, 0.2) is 5.78 Å². The summed E-state index contributed by atoms with van der Waals surface area (Å²) >= 11 is 0. The fourth-order valence-electron chi connectivity index (χ4n) is 1.57. The number of amides is 1. The molecule has 4 nitrogen and oxygen atoms in total. The summed E-state index contributed by atoms with van der Waals surface area (Å²) < 4.78 is 5.18. The summed E-state index contributed by atoms with van der Waals surface area (Å²) in [5.74, 6) is 0.136. The van der Waals surface area contributed by atoms with Crippen molar-refractivity contribution < 1.29 is 14.3 Å². The van der Waals surface area contributed by atoms with E-state index >= 15 is 0 Å². The fourth-order valence-corrected chi connectivity index (χ4v) is 1.57. The molecule has 0 aromatic rings. The molecule has 0 aliphatic carbocycles. The van der Waals surface area contributed by atoms with Gasteiger partial charge in [0.2, 0.25) is 5.91 Å². The molecule has 0 spiro atoms. The van der Waals surface area contributed by atoms with E-state index in [2.05, 4.69) is 0 Å². The SMILES string of the molecule is CCC(=O)C(C)N1CCOCCC1=O. The summed E-state index contributed by atoms with van der Waals surface area (Å²) in [5.41, 5.74) is 0. The highest BCUT2D eigenvalue weighted by Crippen LogP contribution is 2.08. The summed E-state index contributed by atoms with van der Waals surface area (Å²) in [6.45, 7) is 5.15. The maximum atomic E-state index is 11.6. The normalized spacial score (nSPS) is 20.4. The van der Waals surface area contributed by atoms with Crippen molar-refractivity contribution in [2.45, 2.75) is 32.7 Å². The molecule has 1 amide bonds. The molecule has 0 N–H and O–H groups in total. The number of carbonyl (C=O) groups is 2. The lowest BCUT2D eigenvalue weighted by molar-refractivity contribution is -0.138. The van der Waals surface area contributed by atoms with E-state index < -0.39 is 0 Å². The van der Waals surface area contributed by atoms with Crippen LogP contribution in [-0.2, 0) is 14.3 Å². The van der Waals surface area contributed by atoms with Crippen LogP contribution in [-0.4, -0.2) is 42.4 Å². The summed E-state index contributed by atoms with van der Waals surface area (Å²) in [4.78, 5) is 24.6. The molecule has 4 heteroatoms. The van der Waals surface area contributed by atoms with E-state index in [4.69, 9.17) is 4.74 Å². The molecule has 0 aromatic carbocycles. The minimum atomic E-state index is -0.297. The highest BCUT2D eigenvalue weighted by molar-refractivity contribution is 5.88. The molecule has 0 radical (unpaired) electrons. The maximum absolute atomic E-state index is 11.6. The Labute approximate surface area is 84.2 Å². The number of ether oxygens (including phenoxy) is 1. The third-order valence-electron chi connectivity index (χ3n) is 2.54. The van der Waals surface area contributed by atoms with Gasteiger partial charge in [0.05, 0.1) is 25.7 Å². The van der Waals surface area contributed by atoms with Crippen LogP contribution >= 0.6 is 0 Å². The third-order valence-corrected chi connectivity index (χ3v) is 2.54. The number of carbonyl (C=O) groups excluding carboxylic acids is 2. The molecule has 1 rings (SSSR count). The monoisotopic (exact) mass is 199 g/mol. The van der Waals surface area contributed by atoms with E-state index in [1.54, 1.807) is 11.8 Å². The minimum absolute atomic E-state index is 0.0248. The zero-order chi connectivity index (χ0) is 10.6. The summed E-state index contributed by atoms with van der Waals surface area (Å²) in [6.07, 6.45) is 0.868. The molecule has 0 bridgehead atoms.